The second-order valence-corrected chi connectivity index (χ2v) is 7.16. The normalized spacial score (nSPS) is 15.9. The van der Waals surface area contributed by atoms with Gasteiger partial charge in [-0.15, -0.1) is 0 Å². The summed E-state index contributed by atoms with van der Waals surface area (Å²) < 4.78 is 19.5. The standard InChI is InChI=1S/C21H27FN2O2/c1-16(15-24-12-4-5-13-24)14-23-21(25)11-9-17-8-10-20(26-17)18-6-2-3-7-19(18)22/h2-3,6-8,10,16H,4-5,9,11-15H2,1H3,(H,23,25). The number of hydrogen-bond acceptors (Lipinski definition) is 3. The molecule has 0 saturated carbocycles. The number of nitrogens with one attached hydrogen (secondary N) is 1. The van der Waals surface area contributed by atoms with Crippen LogP contribution in [0.15, 0.2) is 40.8 Å². The first-order valence-corrected chi connectivity index (χ1v) is 9.44. The first-order chi connectivity index (χ1) is 12.6. The molecular formula is C21H27FN2O2. The predicted octanol–water partition coefficient (Wildman–Crippen LogP) is 3.87. The van der Waals surface area contributed by atoms with Crippen LogP contribution in [-0.4, -0.2) is 37.0 Å². The summed E-state index contributed by atoms with van der Waals surface area (Å²) in [5.41, 5.74) is 0.443. The third kappa shape index (κ3) is 5.18. The van der Waals surface area contributed by atoms with E-state index in [9.17, 15) is 9.18 Å². The van der Waals surface area contributed by atoms with Gasteiger partial charge in [0.25, 0.3) is 0 Å². The minimum atomic E-state index is -0.307. The van der Waals surface area contributed by atoms with Crippen LogP contribution in [0.2, 0.25) is 0 Å². The zero-order valence-electron chi connectivity index (χ0n) is 15.3. The van der Waals surface area contributed by atoms with Crippen LogP contribution < -0.4 is 5.32 Å². The summed E-state index contributed by atoms with van der Waals surface area (Å²) >= 11 is 0. The van der Waals surface area contributed by atoms with Crippen molar-refractivity contribution in [3.05, 3.63) is 48.0 Å². The van der Waals surface area contributed by atoms with Gasteiger partial charge in [-0.1, -0.05) is 19.1 Å². The molecule has 1 aromatic carbocycles. The maximum Gasteiger partial charge on any atom is 0.220 e. The molecule has 1 aliphatic rings. The van der Waals surface area contributed by atoms with Gasteiger partial charge in [0.15, 0.2) is 0 Å². The smallest absolute Gasteiger partial charge is 0.220 e. The number of likely N-dealkylation sites (tertiary alicyclic amines) is 1. The van der Waals surface area contributed by atoms with Crippen molar-refractivity contribution in [2.24, 2.45) is 5.92 Å². The Morgan fingerprint density at radius 3 is 2.77 bits per heavy atom. The van der Waals surface area contributed by atoms with Crippen LogP contribution >= 0.6 is 0 Å². The van der Waals surface area contributed by atoms with Gasteiger partial charge in [0.05, 0.1) is 5.56 Å². The predicted molar refractivity (Wildman–Crippen MR) is 100 cm³/mol. The van der Waals surface area contributed by atoms with Crippen molar-refractivity contribution in [3.63, 3.8) is 0 Å². The van der Waals surface area contributed by atoms with Crippen molar-refractivity contribution < 1.29 is 13.6 Å². The Kier molecular flexibility index (Phi) is 6.45. The molecular weight excluding hydrogens is 331 g/mol. The molecule has 140 valence electrons. The lowest BCUT2D eigenvalue weighted by Gasteiger charge is -2.20. The minimum Gasteiger partial charge on any atom is -0.461 e. The van der Waals surface area contributed by atoms with Crippen LogP contribution in [0.5, 0.6) is 0 Å². The first kappa shape index (κ1) is 18.6. The lowest BCUT2D eigenvalue weighted by molar-refractivity contribution is -0.121. The summed E-state index contributed by atoms with van der Waals surface area (Å²) in [6.07, 6.45) is 3.47. The molecule has 26 heavy (non-hydrogen) atoms. The maximum atomic E-state index is 13.8. The van der Waals surface area contributed by atoms with Gasteiger partial charge in [-0.25, -0.2) is 4.39 Å². The lowest BCUT2D eigenvalue weighted by Crippen LogP contribution is -2.34. The van der Waals surface area contributed by atoms with Crippen molar-refractivity contribution in [1.29, 1.82) is 0 Å². The average Bonchev–Trinajstić information content (AvgIpc) is 3.30. The molecule has 1 N–H and O–H groups in total. The molecule has 2 aromatic rings. The monoisotopic (exact) mass is 358 g/mol. The summed E-state index contributed by atoms with van der Waals surface area (Å²) in [7, 11) is 0. The molecule has 1 saturated heterocycles. The molecule has 1 unspecified atom stereocenters. The number of aryl methyl sites for hydroxylation is 1. The minimum absolute atomic E-state index is 0.0297. The fourth-order valence-corrected chi connectivity index (χ4v) is 3.40. The Balaban J connectivity index is 1.41. The topological polar surface area (TPSA) is 45.5 Å². The van der Waals surface area contributed by atoms with E-state index in [4.69, 9.17) is 4.42 Å². The van der Waals surface area contributed by atoms with E-state index >= 15 is 0 Å². The number of carbonyl (C=O) groups excluding carboxylic acids is 1. The van der Waals surface area contributed by atoms with E-state index in [1.54, 1.807) is 24.3 Å². The number of amides is 1. The SMILES string of the molecule is CC(CNC(=O)CCc1ccc(-c2ccccc2F)o1)CN1CCCC1. The molecule has 5 heteroatoms. The quantitative estimate of drug-likeness (QED) is 0.779. The largest absolute Gasteiger partial charge is 0.461 e. The van der Waals surface area contributed by atoms with Crippen molar-refractivity contribution in [3.8, 4) is 11.3 Å². The molecule has 0 aliphatic carbocycles. The van der Waals surface area contributed by atoms with Gasteiger partial charge in [0, 0.05) is 25.9 Å². The Morgan fingerprint density at radius 1 is 1.23 bits per heavy atom. The Hall–Kier alpha value is -2.14. The maximum absolute atomic E-state index is 13.8. The van der Waals surface area contributed by atoms with Gasteiger partial charge < -0.3 is 14.6 Å². The number of benzene rings is 1. The lowest BCUT2D eigenvalue weighted by atomic mass is 10.1. The Bertz CT molecular complexity index is 722. The molecule has 4 nitrogen and oxygen atoms in total. The fraction of sp³-hybridized carbons (Fsp3) is 0.476. The van der Waals surface area contributed by atoms with E-state index in [1.807, 2.05) is 6.07 Å². The number of hydrogen-bond donors (Lipinski definition) is 1. The number of nitrogens with zero attached hydrogens (tertiary/aromatic N) is 1. The third-order valence-electron chi connectivity index (χ3n) is 4.82. The van der Waals surface area contributed by atoms with Crippen LogP contribution in [-0.2, 0) is 11.2 Å². The number of furan rings is 1. The van der Waals surface area contributed by atoms with Gasteiger partial charge in [-0.05, 0) is 56.1 Å². The van der Waals surface area contributed by atoms with Crippen LogP contribution in [0, 0.1) is 11.7 Å². The van der Waals surface area contributed by atoms with Gasteiger partial charge in [0.2, 0.25) is 5.91 Å². The van der Waals surface area contributed by atoms with E-state index in [0.717, 1.165) is 6.54 Å². The Labute approximate surface area is 154 Å². The summed E-state index contributed by atoms with van der Waals surface area (Å²) in [6, 6.07) is 10.1. The fourth-order valence-electron chi connectivity index (χ4n) is 3.40. The van der Waals surface area contributed by atoms with E-state index in [-0.39, 0.29) is 11.7 Å². The van der Waals surface area contributed by atoms with E-state index < -0.39 is 0 Å². The van der Waals surface area contributed by atoms with Crippen LogP contribution in [0.3, 0.4) is 0 Å². The second kappa shape index (κ2) is 8.99. The highest BCUT2D eigenvalue weighted by Crippen LogP contribution is 2.25. The van der Waals surface area contributed by atoms with Gasteiger partial charge in [-0.3, -0.25) is 4.79 Å². The third-order valence-corrected chi connectivity index (χ3v) is 4.82. The molecule has 3 rings (SSSR count). The zero-order chi connectivity index (χ0) is 18.4. The highest BCUT2D eigenvalue weighted by Gasteiger charge is 2.15. The Morgan fingerprint density at radius 2 is 2.00 bits per heavy atom. The zero-order valence-corrected chi connectivity index (χ0v) is 15.3. The number of halogens is 1. The van der Waals surface area contributed by atoms with Crippen LogP contribution in [0.1, 0.15) is 31.9 Å². The van der Waals surface area contributed by atoms with Crippen molar-refractivity contribution >= 4 is 5.91 Å². The van der Waals surface area contributed by atoms with Crippen molar-refractivity contribution in [2.45, 2.75) is 32.6 Å². The van der Waals surface area contributed by atoms with Crippen LogP contribution in [0.4, 0.5) is 4.39 Å². The summed E-state index contributed by atoms with van der Waals surface area (Å²) in [5, 5.41) is 3.01. The molecule has 1 fully saturated rings. The van der Waals surface area contributed by atoms with Crippen molar-refractivity contribution in [2.75, 3.05) is 26.2 Å². The van der Waals surface area contributed by atoms with Crippen LogP contribution in [0.25, 0.3) is 11.3 Å². The van der Waals surface area contributed by atoms with E-state index in [0.29, 0.717) is 42.4 Å². The number of carbonyl (C=O) groups is 1. The summed E-state index contributed by atoms with van der Waals surface area (Å²) in [6.45, 7) is 6.28. The molecule has 0 spiro atoms. The highest BCUT2D eigenvalue weighted by atomic mass is 19.1. The molecule has 0 radical (unpaired) electrons. The van der Waals surface area contributed by atoms with E-state index in [1.165, 1.54) is 32.0 Å². The van der Waals surface area contributed by atoms with Gasteiger partial charge in [-0.2, -0.15) is 0 Å². The van der Waals surface area contributed by atoms with E-state index in [2.05, 4.69) is 17.1 Å². The molecule has 1 aromatic heterocycles. The number of rotatable bonds is 8. The molecule has 0 bridgehead atoms. The first-order valence-electron chi connectivity index (χ1n) is 9.44. The van der Waals surface area contributed by atoms with Gasteiger partial charge in [0.1, 0.15) is 17.3 Å². The summed E-state index contributed by atoms with van der Waals surface area (Å²) in [5.74, 6) is 1.37. The van der Waals surface area contributed by atoms with Gasteiger partial charge >= 0.3 is 0 Å². The average molecular weight is 358 g/mol. The summed E-state index contributed by atoms with van der Waals surface area (Å²) in [4.78, 5) is 14.5. The highest BCUT2D eigenvalue weighted by molar-refractivity contribution is 5.76. The van der Waals surface area contributed by atoms with Crippen molar-refractivity contribution in [1.82, 2.24) is 10.2 Å². The molecule has 1 amide bonds. The molecule has 2 heterocycles. The molecule has 1 atom stereocenters. The molecule has 1 aliphatic heterocycles. The second-order valence-electron chi connectivity index (χ2n) is 7.16.